The Bertz CT molecular complexity index is 366. The summed E-state index contributed by atoms with van der Waals surface area (Å²) >= 11 is 0. The number of aliphatic hydroxyl groups is 1. The minimum atomic E-state index is -0.690. The third kappa shape index (κ3) is 2.31. The Kier molecular flexibility index (Phi) is 3.05. The first kappa shape index (κ1) is 9.28. The molecule has 0 heterocycles. The molecular formula is C11H9NO. The van der Waals surface area contributed by atoms with Gasteiger partial charge in [0, 0.05) is 0 Å². The summed E-state index contributed by atoms with van der Waals surface area (Å²) in [5.74, 6) is 0. The standard InChI is InChI=1S/C11H9NO/c1-2-3-11(13)10-6-4-9(8-12)5-7-10/h3-7,11,13H,1H2. The van der Waals surface area contributed by atoms with Crippen LogP contribution in [0.4, 0.5) is 0 Å². The second kappa shape index (κ2) is 4.27. The zero-order valence-corrected chi connectivity index (χ0v) is 7.07. The molecule has 1 rings (SSSR count). The Morgan fingerprint density at radius 1 is 1.38 bits per heavy atom. The van der Waals surface area contributed by atoms with E-state index in [9.17, 15) is 5.11 Å². The molecule has 0 aliphatic rings. The summed E-state index contributed by atoms with van der Waals surface area (Å²) in [6.45, 7) is 3.37. The van der Waals surface area contributed by atoms with Crippen LogP contribution in [-0.4, -0.2) is 5.11 Å². The van der Waals surface area contributed by atoms with Gasteiger partial charge in [0.05, 0.1) is 11.6 Å². The second-order valence-electron chi connectivity index (χ2n) is 2.55. The summed E-state index contributed by atoms with van der Waals surface area (Å²) < 4.78 is 0. The van der Waals surface area contributed by atoms with E-state index < -0.39 is 6.10 Å². The summed E-state index contributed by atoms with van der Waals surface area (Å²) in [7, 11) is 0. The Labute approximate surface area is 77.1 Å². The van der Waals surface area contributed by atoms with Gasteiger partial charge in [-0.25, -0.2) is 0 Å². The highest BCUT2D eigenvalue weighted by Crippen LogP contribution is 2.13. The van der Waals surface area contributed by atoms with Crippen molar-refractivity contribution in [2.45, 2.75) is 6.10 Å². The van der Waals surface area contributed by atoms with Crippen molar-refractivity contribution in [3.05, 3.63) is 53.8 Å². The number of aliphatic hydroxyl groups excluding tert-OH is 1. The molecule has 0 amide bonds. The van der Waals surface area contributed by atoms with Crippen molar-refractivity contribution in [2.24, 2.45) is 0 Å². The maximum absolute atomic E-state index is 9.44. The summed E-state index contributed by atoms with van der Waals surface area (Å²) in [6.07, 6.45) is 0.770. The smallest absolute Gasteiger partial charge is 0.104 e. The molecular weight excluding hydrogens is 162 g/mol. The van der Waals surface area contributed by atoms with Gasteiger partial charge in [0.15, 0.2) is 0 Å². The minimum absolute atomic E-state index is 0.582. The molecule has 13 heavy (non-hydrogen) atoms. The Balaban J connectivity index is 2.93. The lowest BCUT2D eigenvalue weighted by Crippen LogP contribution is -1.91. The average Bonchev–Trinajstić information content (AvgIpc) is 2.18. The van der Waals surface area contributed by atoms with Crippen molar-refractivity contribution in [3.63, 3.8) is 0 Å². The van der Waals surface area contributed by atoms with Gasteiger partial charge < -0.3 is 5.11 Å². The van der Waals surface area contributed by atoms with Crippen molar-refractivity contribution < 1.29 is 5.11 Å². The average molecular weight is 171 g/mol. The predicted molar refractivity (Wildman–Crippen MR) is 49.8 cm³/mol. The van der Waals surface area contributed by atoms with E-state index in [1.807, 2.05) is 6.07 Å². The number of hydrogen-bond donors (Lipinski definition) is 1. The SMILES string of the molecule is C=C=CC(O)c1ccc(C#N)cc1. The lowest BCUT2D eigenvalue weighted by Gasteiger charge is -2.03. The zero-order chi connectivity index (χ0) is 9.68. The highest BCUT2D eigenvalue weighted by molar-refractivity contribution is 5.33. The summed E-state index contributed by atoms with van der Waals surface area (Å²) in [6, 6.07) is 8.74. The van der Waals surface area contributed by atoms with Crippen LogP contribution in [0.3, 0.4) is 0 Å². The molecule has 0 bridgehead atoms. The van der Waals surface area contributed by atoms with Gasteiger partial charge in [-0.2, -0.15) is 5.26 Å². The Morgan fingerprint density at radius 2 is 2.00 bits per heavy atom. The normalized spacial score (nSPS) is 11.1. The van der Waals surface area contributed by atoms with Crippen molar-refractivity contribution in [1.29, 1.82) is 5.26 Å². The molecule has 1 aromatic carbocycles. The van der Waals surface area contributed by atoms with E-state index in [1.54, 1.807) is 24.3 Å². The predicted octanol–water partition coefficient (Wildman–Crippen LogP) is 1.93. The molecule has 0 spiro atoms. The van der Waals surface area contributed by atoms with Crippen LogP contribution in [0.5, 0.6) is 0 Å². The quantitative estimate of drug-likeness (QED) is 0.691. The van der Waals surface area contributed by atoms with E-state index in [1.165, 1.54) is 6.08 Å². The molecule has 0 radical (unpaired) electrons. The summed E-state index contributed by atoms with van der Waals surface area (Å²) in [4.78, 5) is 0. The largest absolute Gasteiger partial charge is 0.384 e. The fourth-order valence-electron chi connectivity index (χ4n) is 0.963. The number of nitrogens with zero attached hydrogens (tertiary/aromatic N) is 1. The lowest BCUT2D eigenvalue weighted by molar-refractivity contribution is 0.229. The van der Waals surface area contributed by atoms with Crippen LogP contribution < -0.4 is 0 Å². The fraction of sp³-hybridized carbons (Fsp3) is 0.0909. The lowest BCUT2D eigenvalue weighted by atomic mass is 10.1. The van der Waals surface area contributed by atoms with Crippen LogP contribution >= 0.6 is 0 Å². The van der Waals surface area contributed by atoms with Gasteiger partial charge in [-0.1, -0.05) is 18.7 Å². The molecule has 2 nitrogen and oxygen atoms in total. The molecule has 1 atom stereocenters. The van der Waals surface area contributed by atoms with Crippen LogP contribution in [-0.2, 0) is 0 Å². The number of nitriles is 1. The molecule has 0 aliphatic heterocycles. The van der Waals surface area contributed by atoms with E-state index in [2.05, 4.69) is 12.3 Å². The van der Waals surface area contributed by atoms with Crippen LogP contribution in [0, 0.1) is 11.3 Å². The van der Waals surface area contributed by atoms with Gasteiger partial charge >= 0.3 is 0 Å². The summed E-state index contributed by atoms with van der Waals surface area (Å²) in [5.41, 5.74) is 3.82. The highest BCUT2D eigenvalue weighted by Gasteiger charge is 2.01. The Morgan fingerprint density at radius 3 is 2.46 bits per heavy atom. The summed E-state index contributed by atoms with van der Waals surface area (Å²) in [5, 5.41) is 18.0. The molecule has 1 aromatic rings. The molecule has 0 aromatic heterocycles. The monoisotopic (exact) mass is 171 g/mol. The van der Waals surface area contributed by atoms with Crippen molar-refractivity contribution >= 4 is 0 Å². The van der Waals surface area contributed by atoms with Gasteiger partial charge in [0.2, 0.25) is 0 Å². The van der Waals surface area contributed by atoms with Crippen molar-refractivity contribution in [2.75, 3.05) is 0 Å². The molecule has 0 saturated carbocycles. The Hall–Kier alpha value is -1.81. The van der Waals surface area contributed by atoms with Crippen molar-refractivity contribution in [1.82, 2.24) is 0 Å². The molecule has 2 heteroatoms. The first-order valence-corrected chi connectivity index (χ1v) is 3.82. The van der Waals surface area contributed by atoms with Crippen LogP contribution in [0.25, 0.3) is 0 Å². The van der Waals surface area contributed by atoms with E-state index >= 15 is 0 Å². The molecule has 64 valence electrons. The van der Waals surface area contributed by atoms with Crippen LogP contribution in [0.15, 0.2) is 42.7 Å². The van der Waals surface area contributed by atoms with Crippen LogP contribution in [0.1, 0.15) is 17.2 Å². The van der Waals surface area contributed by atoms with Crippen LogP contribution in [0.2, 0.25) is 0 Å². The third-order valence-electron chi connectivity index (χ3n) is 1.66. The molecule has 0 saturated heterocycles. The van der Waals surface area contributed by atoms with Gasteiger partial charge in [-0.05, 0) is 23.8 Å². The number of benzene rings is 1. The number of hydrogen-bond acceptors (Lipinski definition) is 2. The molecule has 0 aliphatic carbocycles. The van der Waals surface area contributed by atoms with Gasteiger partial charge in [0.1, 0.15) is 6.10 Å². The molecule has 1 N–H and O–H groups in total. The van der Waals surface area contributed by atoms with Crippen molar-refractivity contribution in [3.8, 4) is 6.07 Å². The topological polar surface area (TPSA) is 44.0 Å². The van der Waals surface area contributed by atoms with Gasteiger partial charge in [-0.3, -0.25) is 0 Å². The first-order chi connectivity index (χ1) is 6.27. The van der Waals surface area contributed by atoms with E-state index in [-0.39, 0.29) is 0 Å². The second-order valence-corrected chi connectivity index (χ2v) is 2.55. The molecule has 1 unspecified atom stereocenters. The highest BCUT2D eigenvalue weighted by atomic mass is 16.3. The maximum Gasteiger partial charge on any atom is 0.104 e. The number of rotatable bonds is 2. The van der Waals surface area contributed by atoms with Gasteiger partial charge in [-0.15, -0.1) is 5.73 Å². The third-order valence-corrected chi connectivity index (χ3v) is 1.66. The fourth-order valence-corrected chi connectivity index (χ4v) is 0.963. The molecule has 0 fully saturated rings. The first-order valence-electron chi connectivity index (χ1n) is 3.82. The van der Waals surface area contributed by atoms with E-state index in [4.69, 9.17) is 5.26 Å². The van der Waals surface area contributed by atoms with E-state index in [0.29, 0.717) is 5.56 Å². The van der Waals surface area contributed by atoms with E-state index in [0.717, 1.165) is 5.56 Å². The van der Waals surface area contributed by atoms with Gasteiger partial charge in [0.25, 0.3) is 0 Å². The zero-order valence-electron chi connectivity index (χ0n) is 7.07. The minimum Gasteiger partial charge on any atom is -0.384 e. The maximum atomic E-state index is 9.44.